The molecule has 7 heteroatoms. The fourth-order valence-electron chi connectivity index (χ4n) is 2.07. The quantitative estimate of drug-likeness (QED) is 0.863. The Bertz CT molecular complexity index is 557. The van der Waals surface area contributed by atoms with Crippen molar-refractivity contribution in [3.8, 4) is 0 Å². The minimum atomic E-state index is -3.46. The van der Waals surface area contributed by atoms with E-state index in [-0.39, 0.29) is 22.5 Å². The van der Waals surface area contributed by atoms with E-state index in [4.69, 9.17) is 0 Å². The molecule has 2 N–H and O–H groups in total. The molecule has 1 amide bonds. The van der Waals surface area contributed by atoms with Gasteiger partial charge in [-0.3, -0.25) is 4.79 Å². The number of nitrogens with one attached hydrogen (secondary N) is 2. The van der Waals surface area contributed by atoms with Crippen molar-refractivity contribution in [3.05, 3.63) is 18.0 Å². The highest BCUT2D eigenvalue weighted by Crippen LogP contribution is 2.21. The number of H-pyrrole nitrogens is 1. The standard InChI is InChI=1S/C12H19N3O3S/c1-9(2)14-12(16)11-7-10(8-13-11)19(17,18)15-5-3-4-6-15/h7-9,13H,3-6H2,1-2H3,(H,14,16). The molecule has 0 aliphatic carbocycles. The minimum absolute atomic E-state index is 0.00874. The van der Waals surface area contributed by atoms with Gasteiger partial charge in [0.05, 0.1) is 0 Å². The molecule has 0 aromatic carbocycles. The molecule has 0 saturated carbocycles. The summed E-state index contributed by atoms with van der Waals surface area (Å²) >= 11 is 0. The van der Waals surface area contributed by atoms with Crippen LogP contribution in [0.3, 0.4) is 0 Å². The lowest BCUT2D eigenvalue weighted by Gasteiger charge is -2.13. The lowest BCUT2D eigenvalue weighted by Crippen LogP contribution is -2.30. The average Bonchev–Trinajstić information content (AvgIpc) is 3.00. The lowest BCUT2D eigenvalue weighted by atomic mass is 10.3. The summed E-state index contributed by atoms with van der Waals surface area (Å²) < 4.78 is 26.0. The van der Waals surface area contributed by atoms with E-state index in [9.17, 15) is 13.2 Å². The number of rotatable bonds is 4. The SMILES string of the molecule is CC(C)NC(=O)c1cc(S(=O)(=O)N2CCCC2)c[nH]1. The Hall–Kier alpha value is -1.34. The van der Waals surface area contributed by atoms with Crippen molar-refractivity contribution in [1.29, 1.82) is 0 Å². The van der Waals surface area contributed by atoms with Crippen LogP contribution >= 0.6 is 0 Å². The molecule has 1 saturated heterocycles. The number of amides is 1. The molecule has 0 atom stereocenters. The first-order valence-electron chi connectivity index (χ1n) is 6.40. The predicted octanol–water partition coefficient (Wildman–Crippen LogP) is 0.937. The largest absolute Gasteiger partial charge is 0.356 e. The van der Waals surface area contributed by atoms with Crippen LogP contribution in [0, 0.1) is 0 Å². The predicted molar refractivity (Wildman–Crippen MR) is 71.4 cm³/mol. The van der Waals surface area contributed by atoms with Gasteiger partial charge >= 0.3 is 0 Å². The third kappa shape index (κ3) is 2.98. The molecule has 0 bridgehead atoms. The smallest absolute Gasteiger partial charge is 0.267 e. The van der Waals surface area contributed by atoms with Gasteiger partial charge in [0.2, 0.25) is 10.0 Å². The highest BCUT2D eigenvalue weighted by atomic mass is 32.2. The van der Waals surface area contributed by atoms with E-state index in [0.717, 1.165) is 12.8 Å². The monoisotopic (exact) mass is 285 g/mol. The molecule has 2 heterocycles. The Morgan fingerprint density at radius 2 is 2.00 bits per heavy atom. The van der Waals surface area contributed by atoms with Crippen LogP contribution in [0.1, 0.15) is 37.2 Å². The summed E-state index contributed by atoms with van der Waals surface area (Å²) in [4.78, 5) is 14.6. The van der Waals surface area contributed by atoms with Gasteiger partial charge in [-0.15, -0.1) is 0 Å². The van der Waals surface area contributed by atoms with Crippen molar-refractivity contribution in [3.63, 3.8) is 0 Å². The number of sulfonamides is 1. The summed E-state index contributed by atoms with van der Waals surface area (Å²) in [6.07, 6.45) is 3.16. The number of aromatic nitrogens is 1. The van der Waals surface area contributed by atoms with E-state index in [1.54, 1.807) is 0 Å². The van der Waals surface area contributed by atoms with Crippen LogP contribution < -0.4 is 5.32 Å². The molecule has 0 spiro atoms. The maximum atomic E-state index is 12.3. The second-order valence-electron chi connectivity index (χ2n) is 4.99. The van der Waals surface area contributed by atoms with E-state index in [2.05, 4.69) is 10.3 Å². The molecular formula is C12H19N3O3S. The first-order chi connectivity index (χ1) is 8.91. The van der Waals surface area contributed by atoms with Crippen LogP contribution in [0.4, 0.5) is 0 Å². The van der Waals surface area contributed by atoms with Gasteiger partial charge in [-0.05, 0) is 32.8 Å². The summed E-state index contributed by atoms with van der Waals surface area (Å²) in [5.41, 5.74) is 0.270. The van der Waals surface area contributed by atoms with Crippen LogP contribution in [0.2, 0.25) is 0 Å². The maximum Gasteiger partial charge on any atom is 0.267 e. The normalized spacial score (nSPS) is 17.0. The highest BCUT2D eigenvalue weighted by Gasteiger charge is 2.28. The number of carbonyl (C=O) groups excluding carboxylic acids is 1. The molecule has 2 rings (SSSR count). The van der Waals surface area contributed by atoms with E-state index in [0.29, 0.717) is 13.1 Å². The Labute approximate surface area is 113 Å². The van der Waals surface area contributed by atoms with Crippen molar-refractivity contribution < 1.29 is 13.2 Å². The molecular weight excluding hydrogens is 266 g/mol. The van der Waals surface area contributed by atoms with Crippen LogP contribution in [-0.2, 0) is 10.0 Å². The zero-order valence-corrected chi connectivity index (χ0v) is 12.0. The second-order valence-corrected chi connectivity index (χ2v) is 6.93. The summed E-state index contributed by atoms with van der Waals surface area (Å²) in [5, 5.41) is 2.71. The van der Waals surface area contributed by atoms with Crippen molar-refractivity contribution in [2.24, 2.45) is 0 Å². The fourth-order valence-corrected chi connectivity index (χ4v) is 3.58. The molecule has 19 heavy (non-hydrogen) atoms. The van der Waals surface area contributed by atoms with E-state index in [1.165, 1.54) is 16.6 Å². The molecule has 0 unspecified atom stereocenters. The number of hydrogen-bond donors (Lipinski definition) is 2. The van der Waals surface area contributed by atoms with Gasteiger partial charge in [0, 0.05) is 25.3 Å². The van der Waals surface area contributed by atoms with Crippen LogP contribution in [0.25, 0.3) is 0 Å². The zero-order valence-electron chi connectivity index (χ0n) is 11.1. The summed E-state index contributed by atoms with van der Waals surface area (Å²) in [6.45, 7) is 4.81. The van der Waals surface area contributed by atoms with Gasteiger partial charge in [0.25, 0.3) is 5.91 Å². The molecule has 1 aliphatic heterocycles. The third-order valence-electron chi connectivity index (χ3n) is 3.02. The van der Waals surface area contributed by atoms with Crippen LogP contribution in [0.5, 0.6) is 0 Å². The summed E-state index contributed by atoms with van der Waals surface area (Å²) in [6, 6.07) is 1.40. The second kappa shape index (κ2) is 5.34. The first kappa shape index (κ1) is 14.1. The molecule has 1 aromatic rings. The number of hydrogen-bond acceptors (Lipinski definition) is 3. The molecule has 1 aliphatic rings. The van der Waals surface area contributed by atoms with Crippen LogP contribution in [0.15, 0.2) is 17.2 Å². The lowest BCUT2D eigenvalue weighted by molar-refractivity contribution is 0.0938. The van der Waals surface area contributed by atoms with Crippen LogP contribution in [-0.4, -0.2) is 42.7 Å². The average molecular weight is 285 g/mol. The Morgan fingerprint density at radius 3 is 2.58 bits per heavy atom. The van der Waals surface area contributed by atoms with E-state index < -0.39 is 10.0 Å². The molecule has 1 aromatic heterocycles. The highest BCUT2D eigenvalue weighted by molar-refractivity contribution is 7.89. The van der Waals surface area contributed by atoms with Gasteiger partial charge in [0.15, 0.2) is 0 Å². The van der Waals surface area contributed by atoms with Crippen molar-refractivity contribution >= 4 is 15.9 Å². The number of aromatic amines is 1. The molecule has 106 valence electrons. The van der Waals surface area contributed by atoms with Crippen molar-refractivity contribution in [2.75, 3.05) is 13.1 Å². The Morgan fingerprint density at radius 1 is 1.37 bits per heavy atom. The summed E-state index contributed by atoms with van der Waals surface area (Å²) in [7, 11) is -3.46. The third-order valence-corrected chi connectivity index (χ3v) is 4.90. The minimum Gasteiger partial charge on any atom is -0.356 e. The topological polar surface area (TPSA) is 82.3 Å². The van der Waals surface area contributed by atoms with Gasteiger partial charge in [0.1, 0.15) is 10.6 Å². The van der Waals surface area contributed by atoms with Gasteiger partial charge in [-0.25, -0.2) is 8.42 Å². The van der Waals surface area contributed by atoms with Gasteiger partial charge in [-0.2, -0.15) is 4.31 Å². The molecule has 0 radical (unpaired) electrons. The molecule has 6 nitrogen and oxygen atoms in total. The number of carbonyl (C=O) groups is 1. The molecule has 1 fully saturated rings. The summed E-state index contributed by atoms with van der Waals surface area (Å²) in [5.74, 6) is -0.294. The van der Waals surface area contributed by atoms with E-state index >= 15 is 0 Å². The maximum absolute atomic E-state index is 12.3. The van der Waals surface area contributed by atoms with Gasteiger partial charge in [-0.1, -0.05) is 0 Å². The Balaban J connectivity index is 2.18. The zero-order chi connectivity index (χ0) is 14.0. The Kier molecular flexibility index (Phi) is 3.96. The van der Waals surface area contributed by atoms with Gasteiger partial charge < -0.3 is 10.3 Å². The van der Waals surface area contributed by atoms with Crippen molar-refractivity contribution in [1.82, 2.24) is 14.6 Å². The number of nitrogens with zero attached hydrogens (tertiary/aromatic N) is 1. The van der Waals surface area contributed by atoms with Crippen molar-refractivity contribution in [2.45, 2.75) is 37.6 Å². The fraction of sp³-hybridized carbons (Fsp3) is 0.583. The first-order valence-corrected chi connectivity index (χ1v) is 7.84. The van der Waals surface area contributed by atoms with E-state index in [1.807, 2.05) is 13.8 Å².